The Bertz CT molecular complexity index is 1530. The summed E-state index contributed by atoms with van der Waals surface area (Å²) in [5.41, 5.74) is -1.86. The van der Waals surface area contributed by atoms with Crippen LogP contribution in [0.25, 0.3) is 15.9 Å². The Kier molecular flexibility index (Phi) is 5.44. The Morgan fingerprint density at radius 3 is 2.42 bits per heavy atom. The van der Waals surface area contributed by atoms with Crippen LogP contribution in [0, 0.1) is 24.0 Å². The van der Waals surface area contributed by atoms with E-state index in [2.05, 4.69) is 0 Å². The first-order valence-electron chi connectivity index (χ1n) is 9.65. The number of aromatic nitrogens is 2. The molecule has 0 unspecified atom stereocenters. The maximum absolute atomic E-state index is 13.4. The molecule has 4 rings (SSSR count). The molecule has 33 heavy (non-hydrogen) atoms. The minimum atomic E-state index is -4.65. The molecule has 0 fully saturated rings. The van der Waals surface area contributed by atoms with Crippen LogP contribution in [0.5, 0.6) is 0 Å². The predicted octanol–water partition coefficient (Wildman–Crippen LogP) is 4.81. The van der Waals surface area contributed by atoms with Crippen molar-refractivity contribution < 1.29 is 18.1 Å². The number of benzene rings is 2. The second-order valence-electron chi connectivity index (χ2n) is 7.45. The van der Waals surface area contributed by atoms with Gasteiger partial charge in [0.15, 0.2) is 0 Å². The molecule has 0 aliphatic carbocycles. The Balaban J connectivity index is 2.02. The number of hydrogen-bond donors (Lipinski definition) is 0. The van der Waals surface area contributed by atoms with E-state index in [1.165, 1.54) is 40.2 Å². The van der Waals surface area contributed by atoms with Gasteiger partial charge in [-0.05, 0) is 43.2 Å². The molecular weight excluding hydrogens is 459 g/mol. The second kappa shape index (κ2) is 8.00. The van der Waals surface area contributed by atoms with Crippen LogP contribution in [0.1, 0.15) is 21.6 Å². The average molecular weight is 475 g/mol. The predicted molar refractivity (Wildman–Crippen MR) is 118 cm³/mol. The van der Waals surface area contributed by atoms with Crippen LogP contribution in [-0.4, -0.2) is 14.1 Å². The fourth-order valence-electron chi connectivity index (χ4n) is 3.60. The first-order chi connectivity index (χ1) is 15.5. The molecule has 7 nitrogen and oxygen atoms in total. The summed E-state index contributed by atoms with van der Waals surface area (Å²) in [7, 11) is 0. The molecule has 4 aromatic rings. The van der Waals surface area contributed by atoms with Gasteiger partial charge in [-0.3, -0.25) is 19.5 Å². The molecule has 2 heterocycles. The highest BCUT2D eigenvalue weighted by Crippen LogP contribution is 2.31. The van der Waals surface area contributed by atoms with Gasteiger partial charge in [-0.15, -0.1) is 11.3 Å². The SMILES string of the molecule is Cc1sc2c(c1C)c(=O)n(-c1cccc(C(F)(F)F)c1)c(=O)n2Cc1cccc([N+](=O)[O-])c1. The lowest BCUT2D eigenvalue weighted by molar-refractivity contribution is -0.384. The van der Waals surface area contributed by atoms with Crippen LogP contribution in [0.4, 0.5) is 18.9 Å². The largest absolute Gasteiger partial charge is 0.416 e. The van der Waals surface area contributed by atoms with E-state index in [1.54, 1.807) is 19.9 Å². The smallest absolute Gasteiger partial charge is 0.279 e. The van der Waals surface area contributed by atoms with Crippen molar-refractivity contribution in [3.8, 4) is 5.69 Å². The summed E-state index contributed by atoms with van der Waals surface area (Å²) in [5.74, 6) is 0. The van der Waals surface area contributed by atoms with Crippen LogP contribution in [0.2, 0.25) is 0 Å². The van der Waals surface area contributed by atoms with E-state index < -0.39 is 27.9 Å². The zero-order valence-electron chi connectivity index (χ0n) is 17.3. The quantitative estimate of drug-likeness (QED) is 0.313. The van der Waals surface area contributed by atoms with Crippen LogP contribution >= 0.6 is 11.3 Å². The zero-order chi connectivity index (χ0) is 24.1. The van der Waals surface area contributed by atoms with Gasteiger partial charge in [0.25, 0.3) is 11.2 Å². The van der Waals surface area contributed by atoms with Gasteiger partial charge in [0.05, 0.1) is 28.1 Å². The minimum absolute atomic E-state index is 0.102. The summed E-state index contributed by atoms with van der Waals surface area (Å²) in [6, 6.07) is 9.69. The van der Waals surface area contributed by atoms with E-state index in [9.17, 15) is 32.9 Å². The molecule has 0 N–H and O–H groups in total. The van der Waals surface area contributed by atoms with Crippen molar-refractivity contribution in [2.45, 2.75) is 26.6 Å². The highest BCUT2D eigenvalue weighted by molar-refractivity contribution is 7.18. The number of fused-ring (bicyclic) bond motifs is 1. The van der Waals surface area contributed by atoms with Gasteiger partial charge in [-0.25, -0.2) is 9.36 Å². The van der Waals surface area contributed by atoms with Crippen molar-refractivity contribution in [2.75, 3.05) is 0 Å². The molecule has 11 heteroatoms. The number of non-ortho nitro benzene ring substituents is 1. The topological polar surface area (TPSA) is 87.1 Å². The molecule has 0 saturated carbocycles. The van der Waals surface area contributed by atoms with Crippen molar-refractivity contribution >= 4 is 27.2 Å². The average Bonchev–Trinajstić information content (AvgIpc) is 3.05. The van der Waals surface area contributed by atoms with Crippen LogP contribution in [0.15, 0.2) is 58.1 Å². The summed E-state index contributed by atoms with van der Waals surface area (Å²) < 4.78 is 41.7. The van der Waals surface area contributed by atoms with Gasteiger partial charge in [-0.2, -0.15) is 13.2 Å². The molecule has 170 valence electrons. The first kappa shape index (κ1) is 22.5. The fourth-order valence-corrected chi connectivity index (χ4v) is 4.74. The number of aryl methyl sites for hydroxylation is 2. The number of hydrogen-bond acceptors (Lipinski definition) is 5. The number of nitro benzene ring substituents is 1. The van der Waals surface area contributed by atoms with Crippen molar-refractivity contribution in [1.29, 1.82) is 0 Å². The Hall–Kier alpha value is -3.73. The lowest BCUT2D eigenvalue weighted by Gasteiger charge is -2.14. The monoisotopic (exact) mass is 475 g/mol. The van der Waals surface area contributed by atoms with Crippen LogP contribution in [0.3, 0.4) is 0 Å². The molecule has 0 aliphatic rings. The number of alkyl halides is 3. The summed E-state index contributed by atoms with van der Waals surface area (Å²) in [6.45, 7) is 3.38. The first-order valence-corrected chi connectivity index (χ1v) is 10.5. The van der Waals surface area contributed by atoms with Gasteiger partial charge in [-0.1, -0.05) is 18.2 Å². The number of thiophene rings is 1. The normalized spacial score (nSPS) is 11.8. The number of rotatable bonds is 4. The van der Waals surface area contributed by atoms with Gasteiger partial charge in [0.1, 0.15) is 4.83 Å². The lowest BCUT2D eigenvalue weighted by Crippen LogP contribution is -2.39. The highest BCUT2D eigenvalue weighted by Gasteiger charge is 2.31. The molecule has 0 amide bonds. The minimum Gasteiger partial charge on any atom is -0.279 e. The van der Waals surface area contributed by atoms with Crippen LogP contribution in [-0.2, 0) is 12.7 Å². The van der Waals surface area contributed by atoms with E-state index in [0.717, 1.165) is 23.1 Å². The maximum Gasteiger partial charge on any atom is 0.416 e. The van der Waals surface area contributed by atoms with Crippen molar-refractivity contribution in [2.24, 2.45) is 0 Å². The van der Waals surface area contributed by atoms with E-state index in [4.69, 9.17) is 0 Å². The summed E-state index contributed by atoms with van der Waals surface area (Å²) in [5, 5.41) is 11.4. The standard InChI is InChI=1S/C22H16F3N3O4S/c1-12-13(2)33-20-18(12)19(29)27(16-7-4-6-15(10-16)22(23,24)25)21(30)26(20)11-14-5-3-8-17(9-14)28(31)32/h3-10H,11H2,1-2H3. The third-order valence-corrected chi connectivity index (χ3v) is 6.58. The number of nitro groups is 1. The van der Waals surface area contributed by atoms with Gasteiger partial charge >= 0.3 is 11.9 Å². The van der Waals surface area contributed by atoms with Crippen molar-refractivity contribution in [3.05, 3.63) is 101 Å². The molecule has 0 bridgehead atoms. The maximum atomic E-state index is 13.4. The lowest BCUT2D eigenvalue weighted by atomic mass is 10.1. The summed E-state index contributed by atoms with van der Waals surface area (Å²) in [4.78, 5) is 38.4. The summed E-state index contributed by atoms with van der Waals surface area (Å²) in [6.07, 6.45) is -4.65. The molecule has 2 aromatic carbocycles. The van der Waals surface area contributed by atoms with Crippen molar-refractivity contribution in [3.63, 3.8) is 0 Å². The third-order valence-electron chi connectivity index (χ3n) is 5.34. The highest BCUT2D eigenvalue weighted by atomic mass is 32.1. The molecule has 2 aromatic heterocycles. The molecule has 0 spiro atoms. The molecule has 0 radical (unpaired) electrons. The Morgan fingerprint density at radius 2 is 1.76 bits per heavy atom. The number of nitrogens with zero attached hydrogens (tertiary/aromatic N) is 3. The van der Waals surface area contributed by atoms with Crippen molar-refractivity contribution in [1.82, 2.24) is 9.13 Å². The Labute approximate surface area is 188 Å². The fraction of sp³-hybridized carbons (Fsp3) is 0.182. The molecule has 0 saturated heterocycles. The number of halogens is 3. The van der Waals surface area contributed by atoms with Crippen LogP contribution < -0.4 is 11.2 Å². The second-order valence-corrected chi connectivity index (χ2v) is 8.65. The molecule has 0 atom stereocenters. The molecule has 0 aliphatic heterocycles. The van der Waals surface area contributed by atoms with Gasteiger partial charge < -0.3 is 0 Å². The molecular formula is C22H16F3N3O4S. The Morgan fingerprint density at radius 1 is 1.06 bits per heavy atom. The third kappa shape index (κ3) is 3.95. The van der Waals surface area contributed by atoms with E-state index in [-0.39, 0.29) is 23.3 Å². The summed E-state index contributed by atoms with van der Waals surface area (Å²) >= 11 is 1.21. The van der Waals surface area contributed by atoms with E-state index in [0.29, 0.717) is 20.5 Å². The van der Waals surface area contributed by atoms with Gasteiger partial charge in [0.2, 0.25) is 0 Å². The zero-order valence-corrected chi connectivity index (χ0v) is 18.2. The van der Waals surface area contributed by atoms with E-state index >= 15 is 0 Å². The van der Waals surface area contributed by atoms with Gasteiger partial charge in [0, 0.05) is 17.0 Å². The van der Waals surface area contributed by atoms with E-state index in [1.807, 2.05) is 0 Å².